The quantitative estimate of drug-likeness (QED) is 0.740. The van der Waals surface area contributed by atoms with Gasteiger partial charge in [-0.25, -0.2) is 0 Å². The molecule has 2 aromatic carbocycles. The Bertz CT molecular complexity index is 597. The van der Waals surface area contributed by atoms with Crippen LogP contribution in [0.15, 0.2) is 54.6 Å². The fourth-order valence-electron chi connectivity index (χ4n) is 2.06. The molecule has 3 nitrogen and oxygen atoms in total. The van der Waals surface area contributed by atoms with Gasteiger partial charge in [-0.3, -0.25) is 4.79 Å². The van der Waals surface area contributed by atoms with Gasteiger partial charge < -0.3 is 10.1 Å². The number of thioether (sulfide) groups is 1. The number of hydrogen-bond acceptors (Lipinski definition) is 3. The van der Waals surface area contributed by atoms with Gasteiger partial charge in [0.25, 0.3) is 5.91 Å². The lowest BCUT2D eigenvalue weighted by atomic mass is 10.2. The number of nitrogens with one attached hydrogen (secondary N) is 1. The topological polar surface area (TPSA) is 38.3 Å². The highest BCUT2D eigenvalue weighted by Crippen LogP contribution is 2.14. The average Bonchev–Trinajstić information content (AvgIpc) is 2.55. The fourth-order valence-corrected chi connectivity index (χ4v) is 2.88. The van der Waals surface area contributed by atoms with Crippen LogP contribution in [0.25, 0.3) is 0 Å². The molecule has 0 bridgehead atoms. The minimum Gasteiger partial charge on any atom is -0.491 e. The molecule has 0 spiro atoms. The zero-order valence-corrected chi connectivity index (χ0v) is 14.4. The van der Waals surface area contributed by atoms with E-state index in [1.165, 1.54) is 5.56 Å². The summed E-state index contributed by atoms with van der Waals surface area (Å²) in [6.07, 6.45) is 0.135. The Morgan fingerprint density at radius 3 is 2.43 bits per heavy atom. The summed E-state index contributed by atoms with van der Waals surface area (Å²) in [4.78, 5) is 12.1. The first-order valence-electron chi connectivity index (χ1n) is 7.82. The predicted octanol–water partition coefficient (Wildman–Crippen LogP) is 4.14. The zero-order valence-electron chi connectivity index (χ0n) is 13.6. The Morgan fingerprint density at radius 2 is 1.78 bits per heavy atom. The molecule has 0 radical (unpaired) electrons. The van der Waals surface area contributed by atoms with Gasteiger partial charge in [-0.15, -0.1) is 0 Å². The maximum atomic E-state index is 12.1. The van der Waals surface area contributed by atoms with Crippen LogP contribution in [0.5, 0.6) is 5.75 Å². The van der Waals surface area contributed by atoms with Gasteiger partial charge in [-0.2, -0.15) is 11.8 Å². The van der Waals surface area contributed by atoms with Crippen molar-refractivity contribution in [3.8, 4) is 5.75 Å². The van der Waals surface area contributed by atoms with Crippen LogP contribution in [-0.4, -0.2) is 24.3 Å². The summed E-state index contributed by atoms with van der Waals surface area (Å²) < 4.78 is 5.57. The molecular weight excluding hydrogens is 306 g/mol. The third-order valence-corrected chi connectivity index (χ3v) is 4.16. The summed E-state index contributed by atoms with van der Waals surface area (Å²) in [5.41, 5.74) is 1.97. The average molecular weight is 329 g/mol. The van der Waals surface area contributed by atoms with Crippen molar-refractivity contribution in [1.82, 2.24) is 5.32 Å². The Balaban J connectivity index is 1.68. The van der Waals surface area contributed by atoms with Gasteiger partial charge in [0, 0.05) is 23.6 Å². The molecule has 0 heterocycles. The third-order valence-electron chi connectivity index (χ3n) is 3.13. The lowest BCUT2D eigenvalue weighted by molar-refractivity contribution is 0.0956. The summed E-state index contributed by atoms with van der Waals surface area (Å²) >= 11 is 1.82. The molecule has 0 unspecified atom stereocenters. The molecule has 0 aliphatic carbocycles. The maximum Gasteiger partial charge on any atom is 0.251 e. The second-order valence-electron chi connectivity index (χ2n) is 5.49. The van der Waals surface area contributed by atoms with Crippen molar-refractivity contribution in [2.24, 2.45) is 0 Å². The highest BCUT2D eigenvalue weighted by molar-refractivity contribution is 7.98. The molecule has 1 N–H and O–H groups in total. The van der Waals surface area contributed by atoms with E-state index in [0.29, 0.717) is 12.1 Å². The van der Waals surface area contributed by atoms with Crippen molar-refractivity contribution in [1.29, 1.82) is 0 Å². The number of carbonyl (C=O) groups excluding carboxylic acids is 1. The van der Waals surface area contributed by atoms with Crippen LogP contribution < -0.4 is 10.1 Å². The van der Waals surface area contributed by atoms with Crippen molar-refractivity contribution in [3.63, 3.8) is 0 Å². The van der Waals surface area contributed by atoms with Gasteiger partial charge in [0.05, 0.1) is 6.10 Å². The normalized spacial score (nSPS) is 10.6. The molecule has 122 valence electrons. The van der Waals surface area contributed by atoms with Crippen LogP contribution in [0, 0.1) is 0 Å². The molecule has 4 heteroatoms. The Labute approximate surface area is 142 Å². The van der Waals surface area contributed by atoms with Crippen molar-refractivity contribution < 1.29 is 9.53 Å². The summed E-state index contributed by atoms with van der Waals surface area (Å²) in [6, 6.07) is 17.6. The van der Waals surface area contributed by atoms with Gasteiger partial charge in [0.2, 0.25) is 0 Å². The summed E-state index contributed by atoms with van der Waals surface area (Å²) in [6.45, 7) is 4.63. The summed E-state index contributed by atoms with van der Waals surface area (Å²) in [7, 11) is 0. The Kier molecular flexibility index (Phi) is 7.01. The summed E-state index contributed by atoms with van der Waals surface area (Å²) in [5, 5.41) is 2.94. The molecule has 0 fully saturated rings. The summed E-state index contributed by atoms with van der Waals surface area (Å²) in [5.74, 6) is 2.61. The number of benzene rings is 2. The van der Waals surface area contributed by atoms with E-state index in [0.717, 1.165) is 17.3 Å². The van der Waals surface area contributed by atoms with Gasteiger partial charge >= 0.3 is 0 Å². The molecule has 0 aromatic heterocycles. The number of hydrogen-bond donors (Lipinski definition) is 1. The minimum atomic E-state index is -0.0404. The van der Waals surface area contributed by atoms with E-state index < -0.39 is 0 Å². The second-order valence-corrected chi connectivity index (χ2v) is 6.59. The molecule has 1 amide bonds. The van der Waals surface area contributed by atoms with E-state index >= 15 is 0 Å². The monoisotopic (exact) mass is 329 g/mol. The fraction of sp³-hybridized carbons (Fsp3) is 0.316. The van der Waals surface area contributed by atoms with Crippen LogP contribution in [0.4, 0.5) is 0 Å². The zero-order chi connectivity index (χ0) is 16.5. The van der Waals surface area contributed by atoms with Crippen molar-refractivity contribution in [2.75, 3.05) is 12.3 Å². The van der Waals surface area contributed by atoms with Crippen molar-refractivity contribution >= 4 is 17.7 Å². The van der Waals surface area contributed by atoms with Crippen LogP contribution >= 0.6 is 11.8 Å². The molecule has 0 saturated carbocycles. The maximum absolute atomic E-state index is 12.1. The van der Waals surface area contributed by atoms with Gasteiger partial charge in [-0.1, -0.05) is 30.3 Å². The number of rotatable bonds is 8. The molecular formula is C19H23NO2S. The molecule has 0 saturated heterocycles. The number of carbonyl (C=O) groups is 1. The second kappa shape index (κ2) is 9.26. The Hall–Kier alpha value is -1.94. The highest BCUT2D eigenvalue weighted by Gasteiger charge is 2.05. The molecule has 2 aromatic rings. The first-order valence-corrected chi connectivity index (χ1v) is 8.97. The molecule has 0 aliphatic heterocycles. The van der Waals surface area contributed by atoms with Crippen LogP contribution in [0.1, 0.15) is 29.8 Å². The van der Waals surface area contributed by atoms with Gasteiger partial charge in [-0.05, 0) is 43.7 Å². The highest BCUT2D eigenvalue weighted by atomic mass is 32.2. The third kappa shape index (κ3) is 6.37. The standard InChI is InChI=1S/C19H23NO2S/c1-15(2)22-18-10-8-17(9-11-18)19(21)20-12-13-23-14-16-6-4-3-5-7-16/h3-11,15H,12-14H2,1-2H3,(H,20,21). The SMILES string of the molecule is CC(C)Oc1ccc(C(=O)NCCSCc2ccccc2)cc1. The molecule has 0 aliphatic rings. The van der Waals surface area contributed by atoms with E-state index in [-0.39, 0.29) is 12.0 Å². The smallest absolute Gasteiger partial charge is 0.251 e. The van der Waals surface area contributed by atoms with Gasteiger partial charge in [0.1, 0.15) is 5.75 Å². The van der Waals surface area contributed by atoms with E-state index in [9.17, 15) is 4.79 Å². The van der Waals surface area contributed by atoms with E-state index in [2.05, 4.69) is 17.4 Å². The van der Waals surface area contributed by atoms with E-state index in [1.54, 1.807) is 12.1 Å². The van der Waals surface area contributed by atoms with Crippen LogP contribution in [0.2, 0.25) is 0 Å². The molecule has 0 atom stereocenters. The number of amides is 1. The van der Waals surface area contributed by atoms with E-state index in [4.69, 9.17) is 4.74 Å². The van der Waals surface area contributed by atoms with Crippen LogP contribution in [-0.2, 0) is 5.75 Å². The largest absolute Gasteiger partial charge is 0.491 e. The van der Waals surface area contributed by atoms with Crippen molar-refractivity contribution in [2.45, 2.75) is 25.7 Å². The first-order chi connectivity index (χ1) is 11.1. The number of ether oxygens (including phenoxy) is 1. The molecule has 23 heavy (non-hydrogen) atoms. The lowest BCUT2D eigenvalue weighted by Crippen LogP contribution is -2.25. The van der Waals surface area contributed by atoms with Crippen molar-refractivity contribution in [3.05, 3.63) is 65.7 Å². The van der Waals surface area contributed by atoms with Crippen LogP contribution in [0.3, 0.4) is 0 Å². The van der Waals surface area contributed by atoms with Gasteiger partial charge in [0.15, 0.2) is 0 Å². The van der Waals surface area contributed by atoms with E-state index in [1.807, 2.05) is 55.9 Å². The predicted molar refractivity (Wildman–Crippen MR) is 97.1 cm³/mol. The Morgan fingerprint density at radius 1 is 1.09 bits per heavy atom. The molecule has 2 rings (SSSR count). The lowest BCUT2D eigenvalue weighted by Gasteiger charge is -2.10. The first kappa shape index (κ1) is 17.4. The minimum absolute atomic E-state index is 0.0404.